The van der Waals surface area contributed by atoms with E-state index in [2.05, 4.69) is 4.74 Å². The van der Waals surface area contributed by atoms with Crippen molar-refractivity contribution in [2.24, 2.45) is 0 Å². The highest BCUT2D eigenvalue weighted by molar-refractivity contribution is 6.46. The number of halogens is 6. The first-order chi connectivity index (χ1) is 9.40. The maximum absolute atomic E-state index is 12.1. The highest BCUT2D eigenvalue weighted by Crippen LogP contribution is 2.42. The molecule has 0 unspecified atom stereocenters. The van der Waals surface area contributed by atoms with Crippen LogP contribution in [0.1, 0.15) is 0 Å². The third kappa shape index (κ3) is 3.29. The van der Waals surface area contributed by atoms with Gasteiger partial charge in [0.25, 0.3) is 0 Å². The number of benzene rings is 2. The molecule has 0 saturated heterocycles. The van der Waals surface area contributed by atoms with E-state index in [0.29, 0.717) is 21.2 Å². The number of ether oxygens (including phenoxy) is 1. The lowest BCUT2D eigenvalue weighted by atomic mass is 10.1. The van der Waals surface area contributed by atoms with Crippen molar-refractivity contribution in [2.75, 3.05) is 0 Å². The van der Waals surface area contributed by atoms with Crippen molar-refractivity contribution < 1.29 is 13.5 Å². The lowest BCUT2D eigenvalue weighted by molar-refractivity contribution is -0.0498. The largest absolute Gasteiger partial charge is 0.435 e. The zero-order valence-corrected chi connectivity index (χ0v) is 12.7. The topological polar surface area (TPSA) is 9.23 Å². The van der Waals surface area contributed by atoms with E-state index in [0.717, 1.165) is 0 Å². The molecule has 0 saturated carbocycles. The summed E-state index contributed by atoms with van der Waals surface area (Å²) in [5.41, 5.74) is 0.917. The molecule has 0 amide bonds. The van der Waals surface area contributed by atoms with Crippen molar-refractivity contribution >= 4 is 46.4 Å². The molecule has 2 rings (SSSR count). The lowest BCUT2D eigenvalue weighted by Gasteiger charge is -2.12. The van der Waals surface area contributed by atoms with E-state index in [-0.39, 0.29) is 15.8 Å². The molecule has 0 aliphatic carbocycles. The van der Waals surface area contributed by atoms with Crippen LogP contribution in [-0.4, -0.2) is 6.61 Å². The third-order valence-corrected chi connectivity index (χ3v) is 3.91. The molecule has 0 N–H and O–H groups in total. The van der Waals surface area contributed by atoms with E-state index in [9.17, 15) is 8.78 Å². The maximum atomic E-state index is 12.1. The molecular formula is C13H6Cl4F2O. The van der Waals surface area contributed by atoms with Gasteiger partial charge in [-0.25, -0.2) is 0 Å². The Kier molecular flexibility index (Phi) is 4.97. The van der Waals surface area contributed by atoms with Gasteiger partial charge in [0, 0.05) is 11.1 Å². The van der Waals surface area contributed by atoms with Crippen LogP contribution >= 0.6 is 46.4 Å². The molecule has 20 heavy (non-hydrogen) atoms. The van der Waals surface area contributed by atoms with Gasteiger partial charge in [0.2, 0.25) is 0 Å². The summed E-state index contributed by atoms with van der Waals surface area (Å²) in [4.78, 5) is 0. The quantitative estimate of drug-likeness (QED) is 0.564. The van der Waals surface area contributed by atoms with E-state index in [1.807, 2.05) is 0 Å². The van der Waals surface area contributed by atoms with Crippen molar-refractivity contribution in [2.45, 2.75) is 6.61 Å². The molecule has 0 aliphatic rings. The monoisotopic (exact) mass is 356 g/mol. The van der Waals surface area contributed by atoms with Crippen molar-refractivity contribution in [3.05, 3.63) is 50.4 Å². The predicted molar refractivity (Wildman–Crippen MR) is 78.6 cm³/mol. The molecule has 0 heterocycles. The van der Waals surface area contributed by atoms with Crippen molar-refractivity contribution in [3.63, 3.8) is 0 Å². The highest BCUT2D eigenvalue weighted by atomic mass is 35.5. The molecule has 0 aliphatic heterocycles. The smallest absolute Gasteiger partial charge is 0.387 e. The minimum absolute atomic E-state index is 0.0528. The van der Waals surface area contributed by atoms with Crippen LogP contribution in [0.15, 0.2) is 30.3 Å². The summed E-state index contributed by atoms with van der Waals surface area (Å²) in [6, 6.07) is 7.23. The first kappa shape index (κ1) is 15.6. The molecule has 7 heteroatoms. The van der Waals surface area contributed by atoms with Gasteiger partial charge in [-0.15, -0.1) is 0 Å². The van der Waals surface area contributed by atoms with Gasteiger partial charge in [-0.1, -0.05) is 46.4 Å². The molecule has 0 fully saturated rings. The molecule has 0 atom stereocenters. The van der Waals surface area contributed by atoms with Gasteiger partial charge in [0.15, 0.2) is 0 Å². The summed E-state index contributed by atoms with van der Waals surface area (Å²) >= 11 is 24.2. The fourth-order valence-electron chi connectivity index (χ4n) is 1.65. The van der Waals surface area contributed by atoms with Crippen molar-refractivity contribution in [1.29, 1.82) is 0 Å². The van der Waals surface area contributed by atoms with E-state index in [4.69, 9.17) is 46.4 Å². The van der Waals surface area contributed by atoms with Gasteiger partial charge >= 0.3 is 6.61 Å². The Labute approximate surface area is 134 Å². The van der Waals surface area contributed by atoms with Gasteiger partial charge in [0.05, 0.1) is 20.1 Å². The number of rotatable bonds is 3. The molecule has 2 aromatic rings. The van der Waals surface area contributed by atoms with Crippen LogP contribution in [0.3, 0.4) is 0 Å². The van der Waals surface area contributed by atoms with Crippen LogP contribution in [0.25, 0.3) is 11.1 Å². The average Bonchev–Trinajstić information content (AvgIpc) is 2.36. The van der Waals surface area contributed by atoms with Gasteiger partial charge in [-0.05, 0) is 30.3 Å². The lowest BCUT2D eigenvalue weighted by Crippen LogP contribution is -2.01. The van der Waals surface area contributed by atoms with Gasteiger partial charge in [0.1, 0.15) is 5.75 Å². The minimum atomic E-state index is -2.92. The molecule has 0 bridgehead atoms. The third-order valence-electron chi connectivity index (χ3n) is 2.48. The maximum Gasteiger partial charge on any atom is 0.387 e. The Morgan fingerprint density at radius 3 is 2.10 bits per heavy atom. The molecule has 0 spiro atoms. The van der Waals surface area contributed by atoms with E-state index >= 15 is 0 Å². The predicted octanol–water partition coefficient (Wildman–Crippen LogP) is 6.57. The fourth-order valence-corrected chi connectivity index (χ4v) is 2.65. The Bertz CT molecular complexity index is 647. The van der Waals surface area contributed by atoms with Gasteiger partial charge in [-0.2, -0.15) is 8.78 Å². The molecule has 2 aromatic carbocycles. The van der Waals surface area contributed by atoms with Gasteiger partial charge < -0.3 is 4.74 Å². The zero-order chi connectivity index (χ0) is 14.9. The van der Waals surface area contributed by atoms with E-state index < -0.39 is 6.61 Å². The first-order valence-electron chi connectivity index (χ1n) is 5.28. The second-order valence-electron chi connectivity index (χ2n) is 3.74. The number of alkyl halides is 2. The van der Waals surface area contributed by atoms with E-state index in [1.54, 1.807) is 12.1 Å². The van der Waals surface area contributed by atoms with Crippen LogP contribution < -0.4 is 4.74 Å². The summed E-state index contributed by atoms with van der Waals surface area (Å²) in [5.74, 6) is -0.0528. The summed E-state index contributed by atoms with van der Waals surface area (Å²) in [6.07, 6.45) is 0. The molecule has 106 valence electrons. The van der Waals surface area contributed by atoms with Crippen molar-refractivity contribution in [3.8, 4) is 16.9 Å². The minimum Gasteiger partial charge on any atom is -0.435 e. The highest BCUT2D eigenvalue weighted by Gasteiger charge is 2.16. The molecular weight excluding hydrogens is 352 g/mol. The Balaban J connectivity index is 2.52. The van der Waals surface area contributed by atoms with Crippen LogP contribution in [0, 0.1) is 0 Å². The van der Waals surface area contributed by atoms with Crippen LogP contribution in [-0.2, 0) is 0 Å². The molecule has 0 radical (unpaired) electrons. The zero-order valence-electron chi connectivity index (χ0n) is 9.64. The average molecular weight is 358 g/mol. The van der Waals surface area contributed by atoms with Crippen LogP contribution in [0.2, 0.25) is 20.1 Å². The molecule has 1 nitrogen and oxygen atoms in total. The Morgan fingerprint density at radius 2 is 1.50 bits per heavy atom. The Hall–Kier alpha value is -0.740. The van der Waals surface area contributed by atoms with Crippen LogP contribution in [0.4, 0.5) is 8.78 Å². The van der Waals surface area contributed by atoms with Crippen LogP contribution in [0.5, 0.6) is 5.75 Å². The fraction of sp³-hybridized carbons (Fsp3) is 0.0769. The van der Waals surface area contributed by atoms with Gasteiger partial charge in [-0.3, -0.25) is 0 Å². The SMILES string of the molecule is FC(F)Oc1ccc(-c2c(Cl)ccc(Cl)c2Cl)c(Cl)c1. The second kappa shape index (κ2) is 6.35. The number of hydrogen-bond donors (Lipinski definition) is 0. The summed E-state index contributed by atoms with van der Waals surface area (Å²) in [5, 5.41) is 1.08. The summed E-state index contributed by atoms with van der Waals surface area (Å²) < 4.78 is 28.5. The van der Waals surface area contributed by atoms with E-state index in [1.165, 1.54) is 18.2 Å². The summed E-state index contributed by atoms with van der Waals surface area (Å²) in [6.45, 7) is -2.92. The molecule has 0 aromatic heterocycles. The summed E-state index contributed by atoms with van der Waals surface area (Å²) in [7, 11) is 0. The standard InChI is InChI=1S/C13H6Cl4F2O/c14-8-3-4-9(15)12(17)11(8)7-2-1-6(5-10(7)16)20-13(18)19/h1-5,13H. The second-order valence-corrected chi connectivity index (χ2v) is 5.34. The number of hydrogen-bond acceptors (Lipinski definition) is 1. The first-order valence-corrected chi connectivity index (χ1v) is 6.79. The van der Waals surface area contributed by atoms with Crippen molar-refractivity contribution in [1.82, 2.24) is 0 Å². The Morgan fingerprint density at radius 1 is 0.850 bits per heavy atom. The normalized spacial score (nSPS) is 10.9.